The van der Waals surface area contributed by atoms with Gasteiger partial charge in [0.25, 0.3) is 0 Å². The summed E-state index contributed by atoms with van der Waals surface area (Å²) in [6.07, 6.45) is 10.0. The minimum absolute atomic E-state index is 0.617. The van der Waals surface area contributed by atoms with E-state index in [1.807, 2.05) is 6.56 Å². The van der Waals surface area contributed by atoms with E-state index in [9.17, 15) is 0 Å². The van der Waals surface area contributed by atoms with Gasteiger partial charge in [-0.1, -0.05) is 0 Å². The topological polar surface area (TPSA) is 0 Å². The molecule has 1 heteroatoms. The molecule has 0 N–H and O–H groups in total. The van der Waals surface area contributed by atoms with Crippen molar-refractivity contribution in [3.63, 3.8) is 0 Å². The summed E-state index contributed by atoms with van der Waals surface area (Å²) in [4.78, 5) is 0. The molecule has 0 heterocycles. The van der Waals surface area contributed by atoms with Crippen LogP contribution in [0.4, 0.5) is 0 Å². The molecule has 0 amide bonds. The van der Waals surface area contributed by atoms with Crippen LogP contribution >= 0.6 is 0 Å². The Kier molecular flexibility index (Phi) is 6.07. The van der Waals surface area contributed by atoms with E-state index in [-0.39, 0.29) is 0 Å². The molecule has 2 aliphatic carbocycles. The van der Waals surface area contributed by atoms with Crippen LogP contribution in [-0.4, -0.2) is 0 Å². The Hall–Kier alpha value is -0.157. The predicted molar refractivity (Wildman–Crippen MR) is 89.7 cm³/mol. The Morgan fingerprint density at radius 3 is 1.52 bits per heavy atom. The maximum atomic E-state index is 2.48. The summed E-state index contributed by atoms with van der Waals surface area (Å²) in [6.45, 7) is 14.1. The van der Waals surface area contributed by atoms with Gasteiger partial charge in [-0.05, 0) is 0 Å². The molecule has 0 unspecified atom stereocenters. The second-order valence-corrected chi connectivity index (χ2v) is 10.5. The SMILES string of the molecule is CC1=CCC(CC(C)C)=[C]1[Zr][C]1=C(CC(C)C)CC=C1C. The molecule has 0 aromatic heterocycles. The van der Waals surface area contributed by atoms with Crippen molar-refractivity contribution in [2.24, 2.45) is 11.8 Å². The molecular formula is C20H30Zr. The third-order valence-corrected chi connectivity index (χ3v) is 9.27. The molecule has 21 heavy (non-hydrogen) atoms. The van der Waals surface area contributed by atoms with Crippen LogP contribution in [0.5, 0.6) is 0 Å². The first kappa shape index (κ1) is 17.2. The Bertz CT molecular complexity index is 476. The second kappa shape index (κ2) is 7.41. The number of allylic oxidation sites excluding steroid dienone is 8. The van der Waals surface area contributed by atoms with Crippen LogP contribution in [0.15, 0.2) is 41.0 Å². The van der Waals surface area contributed by atoms with Gasteiger partial charge < -0.3 is 0 Å². The zero-order valence-electron chi connectivity index (χ0n) is 14.6. The van der Waals surface area contributed by atoms with Crippen LogP contribution < -0.4 is 0 Å². The van der Waals surface area contributed by atoms with Crippen molar-refractivity contribution in [1.82, 2.24) is 0 Å². The van der Waals surface area contributed by atoms with E-state index < -0.39 is 23.2 Å². The van der Waals surface area contributed by atoms with E-state index in [1.54, 1.807) is 22.3 Å². The molecule has 0 saturated carbocycles. The van der Waals surface area contributed by atoms with E-state index >= 15 is 0 Å². The van der Waals surface area contributed by atoms with Crippen molar-refractivity contribution in [2.45, 2.75) is 67.2 Å². The molecule has 2 rings (SSSR count). The van der Waals surface area contributed by atoms with Crippen molar-refractivity contribution < 1.29 is 23.2 Å². The van der Waals surface area contributed by atoms with Gasteiger partial charge in [-0.3, -0.25) is 0 Å². The fourth-order valence-corrected chi connectivity index (χ4v) is 7.33. The van der Waals surface area contributed by atoms with Gasteiger partial charge in [0.05, 0.1) is 0 Å². The maximum absolute atomic E-state index is 2.48. The summed E-state index contributed by atoms with van der Waals surface area (Å²) >= 11 is -0.617. The van der Waals surface area contributed by atoms with Crippen LogP contribution in [0.3, 0.4) is 0 Å². The van der Waals surface area contributed by atoms with Crippen LogP contribution in [0.25, 0.3) is 0 Å². The average Bonchev–Trinajstić information content (AvgIpc) is 2.87. The van der Waals surface area contributed by atoms with E-state index in [1.165, 1.54) is 25.7 Å². The minimum atomic E-state index is -0.617. The molecule has 2 aliphatic rings. The number of rotatable bonds is 6. The molecule has 0 aromatic carbocycles. The molecule has 0 aromatic rings. The molecule has 0 spiro atoms. The fourth-order valence-electron chi connectivity index (χ4n) is 3.37. The Morgan fingerprint density at radius 2 is 1.19 bits per heavy atom. The summed E-state index contributed by atoms with van der Waals surface area (Å²) in [5.74, 6) is 1.58. The van der Waals surface area contributed by atoms with Gasteiger partial charge in [0.15, 0.2) is 0 Å². The standard InChI is InChI=1S/2C10H15.Zr/c2*1-8(2)6-10-5-4-9(3)7-10;/h2*4,8H,5-6H2,1-3H3;. The van der Waals surface area contributed by atoms with Crippen LogP contribution in [0, 0.1) is 11.8 Å². The zero-order chi connectivity index (χ0) is 15.6. The summed E-state index contributed by atoms with van der Waals surface area (Å²) in [5.41, 5.74) is 6.75. The van der Waals surface area contributed by atoms with Gasteiger partial charge >= 0.3 is 143 Å². The van der Waals surface area contributed by atoms with Gasteiger partial charge in [0.1, 0.15) is 0 Å². The van der Waals surface area contributed by atoms with Crippen molar-refractivity contribution in [2.75, 3.05) is 0 Å². The van der Waals surface area contributed by atoms with Crippen LogP contribution in [-0.2, 0) is 23.2 Å². The summed E-state index contributed by atoms with van der Waals surface area (Å²) in [6, 6.07) is 0. The van der Waals surface area contributed by atoms with Gasteiger partial charge in [-0.2, -0.15) is 0 Å². The third-order valence-electron chi connectivity index (χ3n) is 4.36. The Balaban J connectivity index is 2.24. The zero-order valence-corrected chi connectivity index (χ0v) is 17.1. The van der Waals surface area contributed by atoms with Gasteiger partial charge in [-0.25, -0.2) is 0 Å². The first-order valence-electron chi connectivity index (χ1n) is 8.43. The molecule has 0 atom stereocenters. The third kappa shape index (κ3) is 4.41. The van der Waals surface area contributed by atoms with E-state index in [0.717, 1.165) is 11.8 Å². The molecule has 0 saturated heterocycles. The molecular weight excluding hydrogens is 331 g/mol. The molecule has 0 nitrogen and oxygen atoms in total. The van der Waals surface area contributed by atoms with Crippen LogP contribution in [0.1, 0.15) is 67.2 Å². The van der Waals surface area contributed by atoms with Gasteiger partial charge in [0, 0.05) is 0 Å². The van der Waals surface area contributed by atoms with Crippen LogP contribution in [0.2, 0.25) is 0 Å². The quantitative estimate of drug-likeness (QED) is 0.515. The monoisotopic (exact) mass is 360 g/mol. The summed E-state index contributed by atoms with van der Waals surface area (Å²) in [5, 5.41) is 0. The summed E-state index contributed by atoms with van der Waals surface area (Å²) in [7, 11) is 0. The number of hydrogen-bond donors (Lipinski definition) is 0. The second-order valence-electron chi connectivity index (χ2n) is 7.46. The first-order valence-corrected chi connectivity index (χ1v) is 10.9. The predicted octanol–water partition coefficient (Wildman–Crippen LogP) is 6.37. The van der Waals surface area contributed by atoms with Crippen molar-refractivity contribution in [1.29, 1.82) is 0 Å². The molecule has 0 aliphatic heterocycles. The average molecular weight is 362 g/mol. The first-order chi connectivity index (χ1) is 9.88. The molecule has 114 valence electrons. The van der Waals surface area contributed by atoms with E-state index in [2.05, 4.69) is 53.7 Å². The molecule has 0 radical (unpaired) electrons. The molecule has 0 bridgehead atoms. The normalized spacial score (nSPS) is 19.0. The van der Waals surface area contributed by atoms with Crippen molar-refractivity contribution in [3.8, 4) is 0 Å². The van der Waals surface area contributed by atoms with Gasteiger partial charge in [-0.15, -0.1) is 0 Å². The Labute approximate surface area is 143 Å². The van der Waals surface area contributed by atoms with Gasteiger partial charge in [0.2, 0.25) is 0 Å². The number of hydrogen-bond acceptors (Lipinski definition) is 0. The van der Waals surface area contributed by atoms with Crippen molar-refractivity contribution in [3.05, 3.63) is 41.0 Å². The summed E-state index contributed by atoms with van der Waals surface area (Å²) < 4.78 is 3.64. The van der Waals surface area contributed by atoms with E-state index in [0.29, 0.717) is 0 Å². The van der Waals surface area contributed by atoms with E-state index in [4.69, 9.17) is 0 Å². The molecule has 0 fully saturated rings. The fraction of sp³-hybridized carbons (Fsp3) is 0.600. The Morgan fingerprint density at radius 1 is 0.810 bits per heavy atom. The van der Waals surface area contributed by atoms with Crippen molar-refractivity contribution >= 4 is 0 Å².